The van der Waals surface area contributed by atoms with E-state index in [-0.39, 0.29) is 12.6 Å². The van der Waals surface area contributed by atoms with Crippen LogP contribution in [0.25, 0.3) is 0 Å². The number of amides is 1. The highest BCUT2D eigenvalue weighted by Crippen LogP contribution is 2.05. The molecule has 0 rings (SSSR count). The Kier molecular flexibility index (Phi) is 6.47. The van der Waals surface area contributed by atoms with Crippen molar-refractivity contribution in [3.8, 4) is 0 Å². The maximum Gasteiger partial charge on any atom is 0.239 e. The molecule has 1 amide bonds. The van der Waals surface area contributed by atoms with E-state index in [1.807, 2.05) is 13.8 Å². The van der Waals surface area contributed by atoms with Crippen molar-refractivity contribution in [3.63, 3.8) is 0 Å². The van der Waals surface area contributed by atoms with E-state index in [0.717, 1.165) is 0 Å². The minimum Gasteiger partial charge on any atom is -0.382 e. The quantitative estimate of drug-likeness (QED) is 0.558. The van der Waals surface area contributed by atoms with Crippen molar-refractivity contribution in [2.45, 2.75) is 32.4 Å². The Morgan fingerprint density at radius 2 is 2.07 bits per heavy atom. The lowest BCUT2D eigenvalue weighted by molar-refractivity contribution is -0.126. The lowest BCUT2D eigenvalue weighted by Crippen LogP contribution is -2.58. The Morgan fingerprint density at radius 1 is 1.47 bits per heavy atom. The van der Waals surface area contributed by atoms with E-state index in [1.54, 1.807) is 14.0 Å². The average Bonchev–Trinajstić information content (AvgIpc) is 2.11. The summed E-state index contributed by atoms with van der Waals surface area (Å²) in [7, 11) is 1.60. The summed E-state index contributed by atoms with van der Waals surface area (Å²) in [5, 5.41) is 3.09. The second-order valence-electron chi connectivity index (χ2n) is 4.04. The highest BCUT2D eigenvalue weighted by atomic mass is 16.5. The van der Waals surface area contributed by atoms with Gasteiger partial charge in [0.2, 0.25) is 5.91 Å². The molecular formula is C10H22N2O3. The fourth-order valence-corrected chi connectivity index (χ4v) is 1.24. The zero-order valence-electron chi connectivity index (χ0n) is 10.0. The first-order valence-electron chi connectivity index (χ1n) is 5.06. The molecule has 0 bridgehead atoms. The monoisotopic (exact) mass is 218 g/mol. The maximum atomic E-state index is 11.3. The van der Waals surface area contributed by atoms with Gasteiger partial charge in [0.05, 0.1) is 19.8 Å². The first-order valence-corrected chi connectivity index (χ1v) is 5.06. The molecule has 90 valence electrons. The van der Waals surface area contributed by atoms with Crippen LogP contribution in [0.2, 0.25) is 0 Å². The zero-order chi connectivity index (χ0) is 11.9. The molecule has 0 saturated carbocycles. The third kappa shape index (κ3) is 5.71. The zero-order valence-corrected chi connectivity index (χ0v) is 10.0. The second-order valence-corrected chi connectivity index (χ2v) is 4.04. The smallest absolute Gasteiger partial charge is 0.239 e. The summed E-state index contributed by atoms with van der Waals surface area (Å²) in [5.74, 6) is -0.409. The first kappa shape index (κ1) is 14.3. The molecule has 0 aliphatic carbocycles. The summed E-state index contributed by atoms with van der Waals surface area (Å²) in [6.45, 7) is 6.87. The lowest BCUT2D eigenvalue weighted by Gasteiger charge is -2.29. The minimum atomic E-state index is -0.818. The van der Waals surface area contributed by atoms with Crippen molar-refractivity contribution in [1.29, 1.82) is 0 Å². The molecule has 0 aromatic rings. The van der Waals surface area contributed by atoms with Crippen LogP contribution in [-0.2, 0) is 14.3 Å². The van der Waals surface area contributed by atoms with E-state index < -0.39 is 11.4 Å². The van der Waals surface area contributed by atoms with E-state index in [2.05, 4.69) is 5.32 Å². The fraction of sp³-hybridized carbons (Fsp3) is 0.900. The van der Waals surface area contributed by atoms with Gasteiger partial charge in [-0.25, -0.2) is 0 Å². The Balaban J connectivity index is 4.08. The highest BCUT2D eigenvalue weighted by molar-refractivity contribution is 5.84. The van der Waals surface area contributed by atoms with Crippen LogP contribution in [0.3, 0.4) is 0 Å². The van der Waals surface area contributed by atoms with Gasteiger partial charge in [0.1, 0.15) is 5.54 Å². The molecule has 0 heterocycles. The number of carbonyl (C=O) groups excluding carboxylic acids is 1. The van der Waals surface area contributed by atoms with Crippen LogP contribution in [0.5, 0.6) is 0 Å². The molecule has 15 heavy (non-hydrogen) atoms. The highest BCUT2D eigenvalue weighted by Gasteiger charge is 2.31. The predicted molar refractivity (Wildman–Crippen MR) is 58.6 cm³/mol. The molecule has 0 fully saturated rings. The van der Waals surface area contributed by atoms with Gasteiger partial charge in [-0.15, -0.1) is 0 Å². The van der Waals surface area contributed by atoms with E-state index >= 15 is 0 Å². The third-order valence-electron chi connectivity index (χ3n) is 1.97. The van der Waals surface area contributed by atoms with Gasteiger partial charge in [-0.1, -0.05) is 0 Å². The molecule has 3 N–H and O–H groups in total. The molecule has 0 aliphatic heterocycles. The Labute approximate surface area is 91.3 Å². The average molecular weight is 218 g/mol. The molecule has 0 radical (unpaired) electrons. The molecule has 0 aliphatic rings. The second kappa shape index (κ2) is 6.76. The number of hydrogen-bond acceptors (Lipinski definition) is 4. The van der Waals surface area contributed by atoms with Crippen molar-refractivity contribution in [2.75, 3.05) is 26.9 Å². The summed E-state index contributed by atoms with van der Waals surface area (Å²) >= 11 is 0. The van der Waals surface area contributed by atoms with Crippen molar-refractivity contribution in [2.24, 2.45) is 5.73 Å². The number of nitrogens with one attached hydrogen (secondary N) is 1. The summed E-state index contributed by atoms with van der Waals surface area (Å²) in [6.07, 6.45) is 0. The van der Waals surface area contributed by atoms with Gasteiger partial charge in [-0.2, -0.15) is 0 Å². The Bertz CT molecular complexity index is 197. The van der Waals surface area contributed by atoms with E-state index in [0.29, 0.717) is 13.2 Å². The standard InChI is InChI=1S/C10H22N2O3/c1-8(2)12-10(3,9(11)13)7-15-6-5-14-4/h8,12H,5-7H2,1-4H3,(H2,11,13). The number of methoxy groups -OCH3 is 1. The van der Waals surface area contributed by atoms with Crippen LogP contribution in [0.4, 0.5) is 0 Å². The van der Waals surface area contributed by atoms with Crippen LogP contribution in [0.15, 0.2) is 0 Å². The maximum absolute atomic E-state index is 11.3. The summed E-state index contributed by atoms with van der Waals surface area (Å²) in [5.41, 5.74) is 4.50. The lowest BCUT2D eigenvalue weighted by atomic mass is 10.0. The van der Waals surface area contributed by atoms with E-state index in [1.165, 1.54) is 0 Å². The SMILES string of the molecule is COCCOCC(C)(NC(C)C)C(N)=O. The number of carbonyl (C=O) groups is 1. The normalized spacial score (nSPS) is 15.3. The van der Waals surface area contributed by atoms with E-state index in [9.17, 15) is 4.79 Å². The van der Waals surface area contributed by atoms with Crippen LogP contribution in [0.1, 0.15) is 20.8 Å². The van der Waals surface area contributed by atoms with Crippen molar-refractivity contribution in [3.05, 3.63) is 0 Å². The first-order chi connectivity index (χ1) is 6.92. The van der Waals surface area contributed by atoms with Gasteiger partial charge >= 0.3 is 0 Å². The fourth-order valence-electron chi connectivity index (χ4n) is 1.24. The summed E-state index contributed by atoms with van der Waals surface area (Å²) < 4.78 is 10.1. The molecule has 0 saturated heterocycles. The topological polar surface area (TPSA) is 73.6 Å². The number of hydrogen-bond donors (Lipinski definition) is 2. The largest absolute Gasteiger partial charge is 0.382 e. The molecule has 1 atom stereocenters. The van der Waals surface area contributed by atoms with Gasteiger partial charge in [0.15, 0.2) is 0 Å². The van der Waals surface area contributed by atoms with Gasteiger partial charge in [0, 0.05) is 13.2 Å². The molecule has 0 aromatic carbocycles. The Morgan fingerprint density at radius 3 is 2.47 bits per heavy atom. The van der Waals surface area contributed by atoms with Crippen molar-refractivity contribution >= 4 is 5.91 Å². The molecule has 0 aromatic heterocycles. The molecular weight excluding hydrogens is 196 g/mol. The Hall–Kier alpha value is -0.650. The van der Waals surface area contributed by atoms with Crippen molar-refractivity contribution < 1.29 is 14.3 Å². The molecule has 5 nitrogen and oxygen atoms in total. The number of primary amides is 1. The predicted octanol–water partition coefficient (Wildman–Crippen LogP) is -0.109. The van der Waals surface area contributed by atoms with Crippen LogP contribution >= 0.6 is 0 Å². The minimum absolute atomic E-state index is 0.175. The van der Waals surface area contributed by atoms with Gasteiger partial charge in [-0.05, 0) is 20.8 Å². The van der Waals surface area contributed by atoms with Gasteiger partial charge in [-0.3, -0.25) is 10.1 Å². The summed E-state index contributed by atoms with van der Waals surface area (Å²) in [6, 6.07) is 0.175. The number of nitrogens with two attached hydrogens (primary N) is 1. The summed E-state index contributed by atoms with van der Waals surface area (Å²) in [4.78, 5) is 11.3. The van der Waals surface area contributed by atoms with Gasteiger partial charge < -0.3 is 15.2 Å². The van der Waals surface area contributed by atoms with Crippen molar-refractivity contribution in [1.82, 2.24) is 5.32 Å². The van der Waals surface area contributed by atoms with Crippen LogP contribution in [0, 0.1) is 0 Å². The molecule has 5 heteroatoms. The van der Waals surface area contributed by atoms with Gasteiger partial charge in [0.25, 0.3) is 0 Å². The van der Waals surface area contributed by atoms with Crippen LogP contribution < -0.4 is 11.1 Å². The molecule has 1 unspecified atom stereocenters. The third-order valence-corrected chi connectivity index (χ3v) is 1.97. The van der Waals surface area contributed by atoms with E-state index in [4.69, 9.17) is 15.2 Å². The van der Waals surface area contributed by atoms with Crippen LogP contribution in [-0.4, -0.2) is 44.4 Å². The number of rotatable bonds is 8. The molecule has 0 spiro atoms. The number of ether oxygens (including phenoxy) is 2.